The zero-order valence-electron chi connectivity index (χ0n) is 78.7. The molecule has 144 heavy (non-hydrogen) atoms. The molecule has 0 spiro atoms. The Balaban J connectivity index is 0.752. The molecule has 15 N–H and O–H groups in total. The molecule has 7 aliphatic rings. The van der Waals surface area contributed by atoms with Crippen LogP contribution >= 0.6 is 47.0 Å². The minimum absolute atomic E-state index is 0.0127. The van der Waals surface area contributed by atoms with E-state index in [1.54, 1.807) is 13.8 Å². The highest BCUT2D eigenvalue weighted by molar-refractivity contribution is 8.44. The molecule has 0 bridgehead atoms. The third-order valence-corrected chi connectivity index (χ3v) is 31.0. The number of phosphoric acid groups is 1. The van der Waals surface area contributed by atoms with Crippen LogP contribution in [0.25, 0.3) is 22.3 Å². The molecule has 0 aliphatic carbocycles. The van der Waals surface area contributed by atoms with E-state index in [4.69, 9.17) is 179 Å². The lowest BCUT2D eigenvalue weighted by Crippen LogP contribution is -2.59. The molecule has 12 unspecified atom stereocenters. The normalized spacial score (nSPS) is 30.5. The highest BCUT2D eigenvalue weighted by atomic mass is 32.7. The number of amidine groups is 1. The predicted octanol–water partition coefficient (Wildman–Crippen LogP) is -0.337. The fourth-order valence-electron chi connectivity index (χ4n) is 16.7. The van der Waals surface area contributed by atoms with Crippen LogP contribution in [0, 0.1) is 32.1 Å². The van der Waals surface area contributed by atoms with E-state index in [0.717, 1.165) is 26.2 Å². The van der Waals surface area contributed by atoms with Crippen LogP contribution in [0.2, 0.25) is 0 Å². The van der Waals surface area contributed by atoms with Crippen molar-refractivity contribution < 1.29 is 160 Å². The molecule has 7 saturated heterocycles. The van der Waals surface area contributed by atoms with Gasteiger partial charge in [-0.05, 0) is 62.6 Å². The molecule has 59 nitrogen and oxygen atoms in total. The summed E-state index contributed by atoms with van der Waals surface area (Å²) in [5, 5.41) is 22.9. The number of fused-ring (bicyclic) bond motifs is 2. The Morgan fingerprint density at radius 2 is 0.868 bits per heavy atom. The van der Waals surface area contributed by atoms with E-state index < -0.39 is 256 Å². The van der Waals surface area contributed by atoms with Crippen molar-refractivity contribution in [3.05, 3.63) is 113 Å². The first-order valence-corrected chi connectivity index (χ1v) is 56.4. The molecule has 0 saturated carbocycles. The van der Waals surface area contributed by atoms with Crippen molar-refractivity contribution >= 4 is 134 Å². The Bertz CT molecular complexity index is 6220. The molecule has 68 heteroatoms. The highest BCUT2D eigenvalue weighted by Gasteiger charge is 2.59. The zero-order chi connectivity index (χ0) is 104. The average molecular weight is 2210 g/mol. The fraction of sp³-hybridized carbons (Fsp3) is 0.684. The number of thiol groups is 1. The Morgan fingerprint density at radius 1 is 0.472 bits per heavy atom. The van der Waals surface area contributed by atoms with Crippen LogP contribution in [0.15, 0.2) is 67.9 Å². The SMILES string of the molecule is CC[C@H]1O[C@@H](n2cc(C)c(=O)[nH]c2=O)CC1OP(O)(=S)OC[C@H]1O[C@@H](n2cc(C)c(N)nc2=O)[C@@H](OCCOC)C1OP(=O)(S)OC[C@H]1O[C@@H](n2cc(C)c(=O)[nH]c2=O)[C@@H](OCCOC)C1OP(=O)(O)OC[C@H]1O[C@@H](n2cnc3c(N)ncnc32)[C@@H](OCCOC)C1OP(O)(=S)OC[C@H]1O[C@@H](N2CC(C)C(=N)NC2=O)[C@@H](OCCOC)C1OP(O)(=S)OC[C@H]1O[C@@H](n2cnc3c(N)ncnc32)[C@@H](OCCOC)C1O. The van der Waals surface area contributed by atoms with Gasteiger partial charge in [-0.2, -0.15) is 4.98 Å². The van der Waals surface area contributed by atoms with Crippen molar-refractivity contribution in [2.45, 2.75) is 189 Å². The van der Waals surface area contributed by atoms with E-state index in [2.05, 4.69) is 62.4 Å². The lowest BCUT2D eigenvalue weighted by Gasteiger charge is -2.38. The number of aryl methyl sites for hydroxylation is 3. The van der Waals surface area contributed by atoms with Gasteiger partial charge < -0.3 is 136 Å². The van der Waals surface area contributed by atoms with Crippen molar-refractivity contribution in [2.24, 2.45) is 5.92 Å². The standard InChI is InChI=1S/C76H113N20O39P5S4/c1-11-40-41(22-47(125-40)91-25-38(4)66(98)89-75(91)102)131-137(106,141)122-30-45-53(57(117-19-14-112-8)70(128-45)92-23-36(2)60(77)87-73(92)100)135-139(108,143)123-29-44-51(56(116-18-13-111-7)69(127-44)94-26-39(5)67(99)90-76(94)103)132-136(104,105)120-28-43-52(59(119-21-16-114-10)72(130-43)96-35-86-49-63(80)82-33-84-65(49)96)133-140(109,144)124-31-46-54(58(118-20-15-113-9)71(129-46)93-24-37(3)61(78)88-74(93)101)134-138(107,142)121-27-42-50(97)55(115-17-12-110-6)68(126-42)95-34-85-48-62(79)81-32-83-64(48)95/h23,25-26,32-35,37,40-47,50-59,68-72,97H,11-22,24,27-31H2,1-10H3,(H,104,105)(H,106,141)(H,107,142)(H,108,143)(H,109,144)(H2,77,87,100)(H2,78,88,101)(H2,79,81,83)(H2,80,82,84)(H,89,98,102)(H,90,99,103)/t37?,40-,41?,42-,43-,44-,45-,46-,47-,50?,51?,52?,53?,54?,55+,56+,57+,58+,59+,68-,69-,70-,71-,72-,137?,138?,139?,140?/m1/s1. The predicted molar refractivity (Wildman–Crippen MR) is 509 cm³/mol. The second-order valence-corrected chi connectivity index (χ2v) is 46.1. The fourth-order valence-corrected chi connectivity index (χ4v) is 23.5. The number of hydrogen-bond acceptors (Lipinski definition) is 49. The van der Waals surface area contributed by atoms with Crippen LogP contribution in [0.5, 0.6) is 0 Å². The minimum atomic E-state index is -5.89. The van der Waals surface area contributed by atoms with Crippen molar-refractivity contribution in [3.8, 4) is 0 Å². The van der Waals surface area contributed by atoms with Crippen LogP contribution in [0.3, 0.4) is 0 Å². The van der Waals surface area contributed by atoms with Gasteiger partial charge in [-0.15, -0.1) is 0 Å². The first-order valence-electron chi connectivity index (χ1n) is 44.4. The second-order valence-electron chi connectivity index (χ2n) is 33.5. The number of anilines is 3. The average Bonchev–Trinajstić information content (AvgIpc) is 1.62. The van der Waals surface area contributed by atoms with Gasteiger partial charge in [-0.1, -0.05) is 26.1 Å². The number of nitrogen functional groups attached to an aromatic ring is 3. The maximum Gasteiger partial charge on any atom is 0.472 e. The van der Waals surface area contributed by atoms with Gasteiger partial charge in [-0.25, -0.2) is 58.2 Å². The van der Waals surface area contributed by atoms with E-state index in [0.29, 0.717) is 0 Å². The number of H-pyrrole nitrogens is 2. The van der Waals surface area contributed by atoms with Gasteiger partial charge in [0.2, 0.25) is 0 Å². The Labute approximate surface area is 838 Å². The number of aromatic nitrogens is 14. The molecule has 2 amide bonds. The number of carbonyl (C=O) groups is 1. The van der Waals surface area contributed by atoms with E-state index >= 15 is 9.13 Å². The molecule has 7 fully saturated rings. The largest absolute Gasteiger partial charge is 0.472 e. The van der Waals surface area contributed by atoms with Gasteiger partial charge >= 0.3 is 57.9 Å². The minimum Gasteiger partial charge on any atom is -0.387 e. The molecule has 7 aromatic heterocycles. The number of amides is 2. The quantitative estimate of drug-likeness (QED) is 0.0132. The van der Waals surface area contributed by atoms with Gasteiger partial charge in [0.1, 0.15) is 133 Å². The maximum atomic E-state index is 15.5. The summed E-state index contributed by atoms with van der Waals surface area (Å²) in [4.78, 5) is 165. The van der Waals surface area contributed by atoms with Gasteiger partial charge in [0.05, 0.1) is 124 Å². The second kappa shape index (κ2) is 49.1. The van der Waals surface area contributed by atoms with Crippen LogP contribution in [0.4, 0.5) is 22.2 Å². The molecular weight excluding hydrogens is 2100 g/mol. The van der Waals surface area contributed by atoms with E-state index in [-0.39, 0.29) is 141 Å². The lowest BCUT2D eigenvalue weighted by molar-refractivity contribution is -0.103. The van der Waals surface area contributed by atoms with Gasteiger partial charge in [0.15, 0.2) is 54.1 Å². The number of nitrogens with one attached hydrogen (secondary N) is 4. The molecule has 29 atom stereocenters. The Hall–Kier alpha value is -6.80. The Morgan fingerprint density at radius 3 is 1.36 bits per heavy atom. The molecule has 800 valence electrons. The number of urea groups is 1. The highest BCUT2D eigenvalue weighted by Crippen LogP contribution is 2.60. The van der Waals surface area contributed by atoms with Crippen LogP contribution in [-0.4, -0.2) is 360 Å². The number of methoxy groups -OCH3 is 5. The zero-order valence-corrected chi connectivity index (χ0v) is 86.5. The number of hydrogen-bond donors (Lipinski definition) is 13. The van der Waals surface area contributed by atoms with Crippen molar-refractivity contribution in [2.75, 3.05) is 158 Å². The van der Waals surface area contributed by atoms with E-state index in [1.165, 1.54) is 102 Å². The van der Waals surface area contributed by atoms with Crippen molar-refractivity contribution in [3.63, 3.8) is 0 Å². The Kier molecular flexibility index (Phi) is 38.5. The molecular formula is C76H113N20O39P5S4. The molecule has 14 heterocycles. The number of nitrogens with two attached hydrogens (primary N) is 3. The van der Waals surface area contributed by atoms with Gasteiger partial charge in [0, 0.05) is 89.7 Å². The molecule has 14 rings (SSSR count). The number of ether oxygens (including phenoxy) is 16. The summed E-state index contributed by atoms with van der Waals surface area (Å²) < 4.78 is 195. The number of aliphatic hydroxyl groups is 1. The first kappa shape index (κ1) is 113. The summed E-state index contributed by atoms with van der Waals surface area (Å²) in [6.45, 7) is -18.2. The number of phosphoric ester groups is 1. The first-order chi connectivity index (χ1) is 68.5. The summed E-state index contributed by atoms with van der Waals surface area (Å²) in [6.07, 6.45) is -26.7. The van der Waals surface area contributed by atoms with E-state index in [9.17, 15) is 53.4 Å². The smallest absolute Gasteiger partial charge is 0.387 e. The summed E-state index contributed by atoms with van der Waals surface area (Å²) >= 11 is 21.6. The summed E-state index contributed by atoms with van der Waals surface area (Å²) in [6, 6.07) is -0.841. The number of imidazole rings is 2. The number of aromatic amines is 2. The molecule has 0 aromatic carbocycles. The lowest BCUT2D eigenvalue weighted by atomic mass is 10.1. The number of carbonyl (C=O) groups excluding carboxylic acids is 1. The van der Waals surface area contributed by atoms with Crippen LogP contribution < -0.4 is 50.7 Å². The van der Waals surface area contributed by atoms with Crippen LogP contribution in [-0.2, 0) is 166 Å². The third-order valence-electron chi connectivity index (χ3n) is 23.7. The van der Waals surface area contributed by atoms with Crippen molar-refractivity contribution in [1.82, 2.24) is 77.9 Å². The monoisotopic (exact) mass is 2210 g/mol. The summed E-state index contributed by atoms with van der Waals surface area (Å²) in [5.74, 6) is -1.01. The number of aliphatic hydroxyl groups excluding tert-OH is 1. The maximum absolute atomic E-state index is 15.5. The van der Waals surface area contributed by atoms with Gasteiger partial charge in [0.25, 0.3) is 11.1 Å². The third kappa shape index (κ3) is 26.8. The van der Waals surface area contributed by atoms with Gasteiger partial charge in [-0.3, -0.25) is 85.2 Å². The van der Waals surface area contributed by atoms with Crippen molar-refractivity contribution in [1.29, 1.82) is 5.41 Å². The molecule has 7 aromatic rings. The summed E-state index contributed by atoms with van der Waals surface area (Å²) in [7, 11) is 0.951. The number of rotatable bonds is 52. The molecule has 0 radical (unpaired) electrons. The summed E-state index contributed by atoms with van der Waals surface area (Å²) in [5.41, 5.74) is 15.0. The van der Waals surface area contributed by atoms with Crippen LogP contribution in [0.1, 0.15) is 74.5 Å². The number of nitrogens with zero attached hydrogens (tertiary/aromatic N) is 13. The van der Waals surface area contributed by atoms with E-state index in [1.807, 2.05) is 0 Å². The topological polar surface area (TPSA) is 741 Å². The molecule has 7 aliphatic heterocycles.